The predicted molar refractivity (Wildman–Crippen MR) is 34.5 cm³/mol. The van der Waals surface area contributed by atoms with Crippen molar-refractivity contribution in [2.75, 3.05) is 13.7 Å². The summed E-state index contributed by atoms with van der Waals surface area (Å²) in [4.78, 5) is 18.6. The van der Waals surface area contributed by atoms with E-state index in [1.807, 2.05) is 0 Å². The van der Waals surface area contributed by atoms with Gasteiger partial charge < -0.3 is 10.8 Å². The number of primary amides is 1. The second kappa shape index (κ2) is 10.8. The maximum Gasteiger partial charge on any atom is 0.259 e. The van der Waals surface area contributed by atoms with Crippen LogP contribution in [0.2, 0.25) is 0 Å². The lowest BCUT2D eigenvalue weighted by Crippen LogP contribution is -2.35. The van der Waals surface area contributed by atoms with Gasteiger partial charge in [0, 0.05) is 7.05 Å². The quantitative estimate of drug-likeness (QED) is 0.254. The van der Waals surface area contributed by atoms with Crippen molar-refractivity contribution < 1.29 is 14.7 Å². The molecule has 0 unspecified atom stereocenters. The van der Waals surface area contributed by atoms with Gasteiger partial charge in [0.2, 0.25) is 6.41 Å². The average molecular weight is 149 g/mol. The van der Waals surface area contributed by atoms with E-state index < -0.39 is 12.5 Å². The molecule has 5 N–H and O–H groups in total. The smallest absolute Gasteiger partial charge is 0.259 e. The van der Waals surface area contributed by atoms with Gasteiger partial charge in [-0.25, -0.2) is 5.43 Å². The molecule has 60 valence electrons. The average Bonchev–Trinajstić information content (AvgIpc) is 1.90. The largest absolute Gasteiger partial charge is 0.386 e. The zero-order valence-electron chi connectivity index (χ0n) is 5.63. The molecule has 0 rings (SSSR count). The summed E-state index contributed by atoms with van der Waals surface area (Å²) in [6.07, 6.45) is 0.250. The topological polar surface area (TPSA) is 104 Å². The van der Waals surface area contributed by atoms with E-state index >= 15 is 0 Å². The van der Waals surface area contributed by atoms with Crippen LogP contribution in [0.3, 0.4) is 0 Å². The number of rotatable bonds is 2. The normalized spacial score (nSPS) is 7.00. The minimum Gasteiger partial charge on any atom is -0.386 e. The van der Waals surface area contributed by atoms with Crippen LogP contribution in [0.1, 0.15) is 0 Å². The molecule has 0 aromatic heterocycles. The predicted octanol–water partition coefficient (Wildman–Crippen LogP) is -2.67. The molecule has 0 saturated heterocycles. The molecule has 10 heavy (non-hydrogen) atoms. The molecule has 0 fully saturated rings. The Bertz CT molecular complexity index is 95.7. The van der Waals surface area contributed by atoms with Crippen LogP contribution >= 0.6 is 0 Å². The van der Waals surface area contributed by atoms with Crippen molar-refractivity contribution in [3.63, 3.8) is 0 Å². The number of aliphatic hydroxyl groups excluding tert-OH is 1. The summed E-state index contributed by atoms with van der Waals surface area (Å²) in [5.74, 6) is -0.428. The number of carbonyl (C=O) groups excluding carboxylic acids is 2. The van der Waals surface area contributed by atoms with Crippen LogP contribution in [0, 0.1) is 0 Å². The first-order valence-corrected chi connectivity index (χ1v) is 2.44. The number of nitrogens with one attached hydrogen (secondary N) is 2. The van der Waals surface area contributed by atoms with E-state index in [4.69, 9.17) is 9.90 Å². The lowest BCUT2D eigenvalue weighted by molar-refractivity contribution is -0.124. The van der Waals surface area contributed by atoms with Gasteiger partial charge in [0.15, 0.2) is 0 Å². The second-order valence-electron chi connectivity index (χ2n) is 1.09. The molecule has 2 amide bonds. The first kappa shape index (κ1) is 11.6. The summed E-state index contributed by atoms with van der Waals surface area (Å²) in [7, 11) is 1.55. The maximum absolute atomic E-state index is 9.99. The number of hydrazine groups is 1. The Hall–Kier alpha value is -1.14. The Labute approximate surface area is 58.4 Å². The van der Waals surface area contributed by atoms with Crippen molar-refractivity contribution in [2.24, 2.45) is 5.73 Å². The van der Waals surface area contributed by atoms with Crippen LogP contribution in [-0.4, -0.2) is 31.1 Å². The van der Waals surface area contributed by atoms with Crippen LogP contribution in [-0.2, 0) is 9.59 Å². The molecule has 0 atom stereocenters. The monoisotopic (exact) mass is 149 g/mol. The number of hydrogen-bond donors (Lipinski definition) is 4. The standard InChI is InChI=1S/C3H8N2O2.CH3NO/c1-4-5-3(7)2-6;2-1-3/h4,6H,2H2,1H3,(H,5,7);1H,(H2,2,3). The van der Waals surface area contributed by atoms with Crippen molar-refractivity contribution in [1.29, 1.82) is 0 Å². The van der Waals surface area contributed by atoms with E-state index in [0.717, 1.165) is 0 Å². The molecule has 0 aliphatic heterocycles. The molecule has 0 aliphatic carbocycles. The Morgan fingerprint density at radius 2 is 2.20 bits per heavy atom. The van der Waals surface area contributed by atoms with Crippen LogP contribution in [0.5, 0.6) is 0 Å². The fraction of sp³-hybridized carbons (Fsp3) is 0.500. The van der Waals surface area contributed by atoms with Gasteiger partial charge >= 0.3 is 0 Å². The fourth-order valence-corrected chi connectivity index (χ4v) is 0.179. The summed E-state index contributed by atoms with van der Waals surface area (Å²) in [6, 6.07) is 0. The molecular formula is C4H11N3O3. The first-order chi connectivity index (χ1) is 4.72. The minimum absolute atomic E-state index is 0.250. The molecule has 0 bridgehead atoms. The molecule has 0 saturated carbocycles. The molecule has 6 heteroatoms. The van der Waals surface area contributed by atoms with E-state index in [2.05, 4.69) is 16.6 Å². The van der Waals surface area contributed by atoms with E-state index in [1.165, 1.54) is 0 Å². The Morgan fingerprint density at radius 1 is 1.80 bits per heavy atom. The maximum atomic E-state index is 9.99. The highest BCUT2D eigenvalue weighted by Crippen LogP contribution is 1.51. The van der Waals surface area contributed by atoms with Gasteiger partial charge in [-0.1, -0.05) is 0 Å². The molecule has 0 aliphatic rings. The number of hydrogen-bond acceptors (Lipinski definition) is 4. The minimum atomic E-state index is -0.471. The third kappa shape index (κ3) is 15.8. The zero-order valence-corrected chi connectivity index (χ0v) is 5.63. The molecule has 0 aromatic carbocycles. The summed E-state index contributed by atoms with van der Waals surface area (Å²) in [5.41, 5.74) is 8.68. The van der Waals surface area contributed by atoms with Crippen molar-refractivity contribution in [3.8, 4) is 0 Å². The van der Waals surface area contributed by atoms with Crippen molar-refractivity contribution in [3.05, 3.63) is 0 Å². The molecule has 6 nitrogen and oxygen atoms in total. The van der Waals surface area contributed by atoms with Gasteiger partial charge in [0.25, 0.3) is 5.91 Å². The van der Waals surface area contributed by atoms with E-state index in [-0.39, 0.29) is 6.41 Å². The molecule has 0 radical (unpaired) electrons. The molecule has 0 heterocycles. The number of carbonyl (C=O) groups is 2. The van der Waals surface area contributed by atoms with Crippen LogP contribution in [0.25, 0.3) is 0 Å². The number of aliphatic hydroxyl groups is 1. The van der Waals surface area contributed by atoms with Gasteiger partial charge in [0.05, 0.1) is 0 Å². The molecule has 0 aromatic rings. The van der Waals surface area contributed by atoms with E-state index in [1.54, 1.807) is 7.05 Å². The summed E-state index contributed by atoms with van der Waals surface area (Å²) < 4.78 is 0. The SMILES string of the molecule is CNNC(=O)CO.NC=O. The Balaban J connectivity index is 0. The highest BCUT2D eigenvalue weighted by molar-refractivity contribution is 5.76. The Kier molecular flexibility index (Phi) is 12.5. The van der Waals surface area contributed by atoms with Crippen LogP contribution in [0.15, 0.2) is 0 Å². The van der Waals surface area contributed by atoms with Gasteiger partial charge in [-0.15, -0.1) is 0 Å². The van der Waals surface area contributed by atoms with E-state index in [9.17, 15) is 4.79 Å². The first-order valence-electron chi connectivity index (χ1n) is 2.44. The number of nitrogens with two attached hydrogens (primary N) is 1. The van der Waals surface area contributed by atoms with Crippen LogP contribution in [0.4, 0.5) is 0 Å². The van der Waals surface area contributed by atoms with Crippen molar-refractivity contribution in [1.82, 2.24) is 10.9 Å². The summed E-state index contributed by atoms with van der Waals surface area (Å²) >= 11 is 0. The van der Waals surface area contributed by atoms with Crippen molar-refractivity contribution in [2.45, 2.75) is 0 Å². The third-order valence-electron chi connectivity index (χ3n) is 0.408. The highest BCUT2D eigenvalue weighted by atomic mass is 16.3. The lowest BCUT2D eigenvalue weighted by Gasteiger charge is -1.95. The van der Waals surface area contributed by atoms with Crippen molar-refractivity contribution >= 4 is 12.3 Å². The van der Waals surface area contributed by atoms with E-state index in [0.29, 0.717) is 0 Å². The summed E-state index contributed by atoms with van der Waals surface area (Å²) in [5, 5.41) is 8.01. The zero-order chi connectivity index (χ0) is 8.41. The van der Waals surface area contributed by atoms with Gasteiger partial charge in [0.1, 0.15) is 6.61 Å². The highest BCUT2D eigenvalue weighted by Gasteiger charge is 1.89. The Morgan fingerprint density at radius 3 is 2.30 bits per heavy atom. The van der Waals surface area contributed by atoms with Gasteiger partial charge in [-0.05, 0) is 0 Å². The molecule has 0 spiro atoms. The van der Waals surface area contributed by atoms with Crippen LogP contribution < -0.4 is 16.6 Å². The summed E-state index contributed by atoms with van der Waals surface area (Å²) in [6.45, 7) is -0.471. The third-order valence-corrected chi connectivity index (χ3v) is 0.408. The number of amides is 2. The van der Waals surface area contributed by atoms with Gasteiger partial charge in [-0.2, -0.15) is 0 Å². The second-order valence-corrected chi connectivity index (χ2v) is 1.09. The lowest BCUT2D eigenvalue weighted by atomic mass is 10.7. The fourth-order valence-electron chi connectivity index (χ4n) is 0.179. The van der Waals surface area contributed by atoms with Gasteiger partial charge in [-0.3, -0.25) is 15.0 Å². The molecular weight excluding hydrogens is 138 g/mol.